The molecule has 0 spiro atoms. The maximum atomic E-state index is 13.5. The van der Waals surface area contributed by atoms with Crippen molar-refractivity contribution in [1.29, 1.82) is 0 Å². The number of methoxy groups -OCH3 is 1. The summed E-state index contributed by atoms with van der Waals surface area (Å²) >= 11 is 0. The predicted molar refractivity (Wildman–Crippen MR) is 153 cm³/mol. The van der Waals surface area contributed by atoms with E-state index in [-0.39, 0.29) is 43.0 Å². The number of benzene rings is 3. The SMILES string of the molecule is CCNS(=O)(=O)c1ccc(CCC(=O)N(Cc2ccc(OC)cc2)C(C)C(=O)NCc2ccc3c(c2)OCO3)cc1. The first-order valence-corrected chi connectivity index (χ1v) is 14.9. The molecule has 0 radical (unpaired) electrons. The molecule has 2 N–H and O–H groups in total. The number of fused-ring (bicyclic) bond motifs is 1. The van der Waals surface area contributed by atoms with Gasteiger partial charge >= 0.3 is 0 Å². The van der Waals surface area contributed by atoms with Gasteiger partial charge in [0.15, 0.2) is 11.5 Å². The van der Waals surface area contributed by atoms with Crippen LogP contribution in [0.25, 0.3) is 0 Å². The Bertz CT molecular complexity index is 1460. The molecule has 11 heteroatoms. The van der Waals surface area contributed by atoms with Crippen LogP contribution in [0.1, 0.15) is 37.0 Å². The first-order chi connectivity index (χ1) is 19.7. The zero-order chi connectivity index (χ0) is 29.4. The van der Waals surface area contributed by atoms with Gasteiger partial charge in [0.25, 0.3) is 0 Å². The molecular weight excluding hydrogens is 546 g/mol. The van der Waals surface area contributed by atoms with Gasteiger partial charge in [-0.1, -0.05) is 37.3 Å². The van der Waals surface area contributed by atoms with Crippen molar-refractivity contribution < 1.29 is 32.2 Å². The lowest BCUT2D eigenvalue weighted by Crippen LogP contribution is -2.47. The highest BCUT2D eigenvalue weighted by Crippen LogP contribution is 2.32. The van der Waals surface area contributed by atoms with Crippen LogP contribution in [-0.2, 0) is 39.1 Å². The molecule has 4 rings (SSSR count). The first kappa shape index (κ1) is 29.9. The van der Waals surface area contributed by atoms with Crippen molar-refractivity contribution in [1.82, 2.24) is 14.9 Å². The van der Waals surface area contributed by atoms with E-state index in [2.05, 4.69) is 10.0 Å². The second-order valence-electron chi connectivity index (χ2n) is 9.60. The largest absolute Gasteiger partial charge is 0.497 e. The Labute approximate surface area is 240 Å². The lowest BCUT2D eigenvalue weighted by molar-refractivity contribution is -0.140. The van der Waals surface area contributed by atoms with Crippen LogP contribution in [0, 0.1) is 0 Å². The van der Waals surface area contributed by atoms with Gasteiger partial charge in [0.2, 0.25) is 28.6 Å². The molecule has 2 amide bonds. The standard InChI is InChI=1S/C30H35N3O7S/c1-4-32-41(36,37)26-13-7-22(8-14-26)10-16-29(34)33(19-23-5-11-25(38-3)12-6-23)21(2)30(35)31-18-24-9-15-27-28(17-24)40-20-39-27/h5-9,11-15,17,21,32H,4,10,16,18-20H2,1-3H3,(H,31,35). The van der Waals surface area contributed by atoms with Crippen molar-refractivity contribution in [2.75, 3.05) is 20.4 Å². The molecule has 0 fully saturated rings. The summed E-state index contributed by atoms with van der Waals surface area (Å²) in [6, 6.07) is 18.5. The molecule has 1 aliphatic rings. The summed E-state index contributed by atoms with van der Waals surface area (Å²) in [4.78, 5) is 28.4. The van der Waals surface area contributed by atoms with Gasteiger partial charge in [-0.3, -0.25) is 9.59 Å². The van der Waals surface area contributed by atoms with Gasteiger partial charge in [-0.2, -0.15) is 0 Å². The number of amides is 2. The molecule has 0 aliphatic carbocycles. The normalized spacial score (nSPS) is 13.0. The molecular formula is C30H35N3O7S. The maximum Gasteiger partial charge on any atom is 0.242 e. The maximum absolute atomic E-state index is 13.5. The molecule has 218 valence electrons. The lowest BCUT2D eigenvalue weighted by Gasteiger charge is -2.29. The Morgan fingerprint density at radius 1 is 0.951 bits per heavy atom. The van der Waals surface area contributed by atoms with Crippen molar-refractivity contribution in [3.63, 3.8) is 0 Å². The number of nitrogens with one attached hydrogen (secondary N) is 2. The van der Waals surface area contributed by atoms with Crippen LogP contribution in [0.5, 0.6) is 17.2 Å². The number of aryl methyl sites for hydroxylation is 1. The smallest absolute Gasteiger partial charge is 0.242 e. The van der Waals surface area contributed by atoms with E-state index in [9.17, 15) is 18.0 Å². The Morgan fingerprint density at radius 2 is 1.61 bits per heavy atom. The molecule has 0 aromatic heterocycles. The summed E-state index contributed by atoms with van der Waals surface area (Å²) in [6.45, 7) is 4.40. The molecule has 3 aromatic rings. The van der Waals surface area contributed by atoms with Crippen LogP contribution in [0.3, 0.4) is 0 Å². The van der Waals surface area contributed by atoms with E-state index in [1.54, 1.807) is 44.1 Å². The number of rotatable bonds is 13. The van der Waals surface area contributed by atoms with Crippen LogP contribution in [0.4, 0.5) is 0 Å². The molecule has 1 heterocycles. The van der Waals surface area contributed by atoms with Gasteiger partial charge in [-0.25, -0.2) is 13.1 Å². The summed E-state index contributed by atoms with van der Waals surface area (Å²) in [5.74, 6) is 1.51. The number of nitrogens with zero attached hydrogens (tertiary/aromatic N) is 1. The van der Waals surface area contributed by atoms with Gasteiger partial charge in [0.05, 0.1) is 12.0 Å². The zero-order valence-electron chi connectivity index (χ0n) is 23.4. The van der Waals surface area contributed by atoms with E-state index in [4.69, 9.17) is 14.2 Å². The number of carbonyl (C=O) groups is 2. The summed E-state index contributed by atoms with van der Waals surface area (Å²) in [5.41, 5.74) is 2.52. The van der Waals surface area contributed by atoms with Gasteiger partial charge in [0.1, 0.15) is 11.8 Å². The molecule has 3 aromatic carbocycles. The molecule has 0 saturated carbocycles. The van der Waals surface area contributed by atoms with E-state index in [0.29, 0.717) is 30.2 Å². The monoisotopic (exact) mass is 581 g/mol. The average Bonchev–Trinajstić information content (AvgIpc) is 3.45. The van der Waals surface area contributed by atoms with Gasteiger partial charge in [0, 0.05) is 26.1 Å². The summed E-state index contributed by atoms with van der Waals surface area (Å²) in [7, 11) is -1.97. The number of ether oxygens (including phenoxy) is 3. The van der Waals surface area contributed by atoms with Crippen molar-refractivity contribution in [2.45, 2.75) is 50.7 Å². The third kappa shape index (κ3) is 7.77. The Morgan fingerprint density at radius 3 is 2.29 bits per heavy atom. The highest BCUT2D eigenvalue weighted by Gasteiger charge is 2.26. The fourth-order valence-electron chi connectivity index (χ4n) is 4.40. The second kappa shape index (κ2) is 13.5. The van der Waals surface area contributed by atoms with Crippen molar-refractivity contribution in [3.8, 4) is 17.2 Å². The Kier molecular flexibility index (Phi) is 9.85. The van der Waals surface area contributed by atoms with E-state index in [1.165, 1.54) is 12.1 Å². The molecule has 10 nitrogen and oxygen atoms in total. The van der Waals surface area contributed by atoms with Crippen molar-refractivity contribution >= 4 is 21.8 Å². The Hall–Kier alpha value is -4.09. The number of carbonyl (C=O) groups excluding carboxylic acids is 2. The minimum atomic E-state index is -3.55. The van der Waals surface area contributed by atoms with E-state index >= 15 is 0 Å². The fraction of sp³-hybridized carbons (Fsp3) is 0.333. The highest BCUT2D eigenvalue weighted by molar-refractivity contribution is 7.89. The van der Waals surface area contributed by atoms with Gasteiger partial charge in [-0.15, -0.1) is 0 Å². The molecule has 0 saturated heterocycles. The topological polar surface area (TPSA) is 123 Å². The van der Waals surface area contributed by atoms with Crippen LogP contribution in [0.15, 0.2) is 71.6 Å². The molecule has 0 bridgehead atoms. The third-order valence-electron chi connectivity index (χ3n) is 6.78. The summed E-state index contributed by atoms with van der Waals surface area (Å²) in [6.07, 6.45) is 0.542. The van der Waals surface area contributed by atoms with Crippen LogP contribution >= 0.6 is 0 Å². The lowest BCUT2D eigenvalue weighted by atomic mass is 10.1. The molecule has 41 heavy (non-hydrogen) atoms. The van der Waals surface area contributed by atoms with Gasteiger partial charge < -0.3 is 24.4 Å². The Balaban J connectivity index is 1.43. The summed E-state index contributed by atoms with van der Waals surface area (Å²) < 4.78 is 42.9. The zero-order valence-corrected chi connectivity index (χ0v) is 24.2. The fourth-order valence-corrected chi connectivity index (χ4v) is 5.44. The minimum Gasteiger partial charge on any atom is -0.497 e. The number of sulfonamides is 1. The quantitative estimate of drug-likeness (QED) is 0.317. The molecule has 1 aliphatic heterocycles. The molecule has 1 unspecified atom stereocenters. The third-order valence-corrected chi connectivity index (χ3v) is 8.34. The van der Waals surface area contributed by atoms with Gasteiger partial charge in [-0.05, 0) is 66.4 Å². The van der Waals surface area contributed by atoms with E-state index < -0.39 is 16.1 Å². The van der Waals surface area contributed by atoms with Crippen LogP contribution in [-0.4, -0.2) is 51.6 Å². The predicted octanol–water partition coefficient (Wildman–Crippen LogP) is 3.39. The number of hydrogen-bond donors (Lipinski definition) is 2. The number of hydrogen-bond acceptors (Lipinski definition) is 7. The first-order valence-electron chi connectivity index (χ1n) is 13.4. The van der Waals surface area contributed by atoms with E-state index in [1.807, 2.05) is 36.4 Å². The van der Waals surface area contributed by atoms with Crippen LogP contribution < -0.4 is 24.2 Å². The van der Waals surface area contributed by atoms with E-state index in [0.717, 1.165) is 16.7 Å². The minimum absolute atomic E-state index is 0.148. The van der Waals surface area contributed by atoms with Crippen LogP contribution in [0.2, 0.25) is 0 Å². The summed E-state index contributed by atoms with van der Waals surface area (Å²) in [5, 5.41) is 2.92. The highest BCUT2D eigenvalue weighted by atomic mass is 32.2. The second-order valence-corrected chi connectivity index (χ2v) is 11.4. The average molecular weight is 582 g/mol. The molecule has 1 atom stereocenters. The van der Waals surface area contributed by atoms with Crippen molar-refractivity contribution in [3.05, 3.63) is 83.4 Å². The van der Waals surface area contributed by atoms with Crippen molar-refractivity contribution in [2.24, 2.45) is 0 Å².